The van der Waals surface area contributed by atoms with Crippen LogP contribution in [-0.4, -0.2) is 54.1 Å². The quantitative estimate of drug-likeness (QED) is 0.489. The van der Waals surface area contributed by atoms with Crippen molar-refractivity contribution in [3.8, 4) is 0 Å². The lowest BCUT2D eigenvalue weighted by atomic mass is 9.54. The van der Waals surface area contributed by atoms with Crippen molar-refractivity contribution in [2.24, 2.45) is 0 Å². The molecule has 4 heterocycles. The molecule has 2 aromatic rings. The molecule has 1 unspecified atom stereocenters. The van der Waals surface area contributed by atoms with E-state index in [9.17, 15) is 13.6 Å². The molecule has 0 aliphatic carbocycles. The summed E-state index contributed by atoms with van der Waals surface area (Å²) in [6, 6.07) is 5.30. The van der Waals surface area contributed by atoms with Crippen molar-refractivity contribution < 1.29 is 18.3 Å². The lowest BCUT2D eigenvalue weighted by molar-refractivity contribution is 0.0652. The second kappa shape index (κ2) is 9.80. The predicted octanol–water partition coefficient (Wildman–Crippen LogP) is 5.95. The number of carbonyl (C=O) groups excluding carboxylic acids is 1. The van der Waals surface area contributed by atoms with Gasteiger partial charge in [-0.1, -0.05) is 45.1 Å². The summed E-state index contributed by atoms with van der Waals surface area (Å²) in [6.45, 7) is 11.7. The fraction of sp³-hybridized carbons (Fsp3) is 0.630. The molecule has 3 aliphatic rings. The minimum absolute atomic E-state index is 0.0348. The summed E-state index contributed by atoms with van der Waals surface area (Å²) < 4.78 is 35.1. The number of aromatic nitrogens is 2. The molecule has 194 valence electrons. The lowest BCUT2D eigenvalue weighted by Crippen LogP contribution is -2.41. The van der Waals surface area contributed by atoms with Gasteiger partial charge in [0.05, 0.1) is 12.6 Å². The van der Waals surface area contributed by atoms with Crippen LogP contribution in [0.5, 0.6) is 0 Å². The second-order valence-corrected chi connectivity index (χ2v) is 11.8. The Morgan fingerprint density at radius 1 is 1.17 bits per heavy atom. The zero-order valence-corrected chi connectivity index (χ0v) is 21.9. The number of anilines is 2. The third-order valence-corrected chi connectivity index (χ3v) is 7.81. The maximum Gasteiger partial charge on any atom is 0.263 e. The van der Waals surface area contributed by atoms with Crippen LogP contribution in [0.25, 0.3) is 0 Å². The van der Waals surface area contributed by atoms with Crippen molar-refractivity contribution in [3.63, 3.8) is 0 Å². The Hall–Kier alpha value is -2.42. The van der Waals surface area contributed by atoms with Gasteiger partial charge in [0.15, 0.2) is 11.6 Å². The van der Waals surface area contributed by atoms with Crippen molar-refractivity contribution in [3.05, 3.63) is 40.6 Å². The van der Waals surface area contributed by atoms with Crippen molar-refractivity contribution >= 4 is 24.6 Å². The summed E-state index contributed by atoms with van der Waals surface area (Å²) in [5.41, 5.74) is 4.19. The Balaban J connectivity index is 1.57. The van der Waals surface area contributed by atoms with Gasteiger partial charge in [0.2, 0.25) is 7.28 Å². The lowest BCUT2D eigenvalue weighted by Gasteiger charge is -2.35. The van der Waals surface area contributed by atoms with Crippen LogP contribution in [-0.2, 0) is 17.7 Å². The van der Waals surface area contributed by atoms with E-state index < -0.39 is 6.43 Å². The molecule has 1 atom stereocenters. The molecule has 0 bridgehead atoms. The number of benzene rings is 1. The summed E-state index contributed by atoms with van der Waals surface area (Å²) in [5, 5.41) is 5.08. The van der Waals surface area contributed by atoms with Crippen LogP contribution >= 0.6 is 0 Å². The number of carbonyl (C=O) groups is 1. The number of amides is 1. The van der Waals surface area contributed by atoms with Gasteiger partial charge >= 0.3 is 0 Å². The third kappa shape index (κ3) is 4.91. The number of alkyl halides is 2. The smallest absolute Gasteiger partial charge is 0.263 e. The molecule has 0 spiro atoms. The molecular weight excluding hydrogens is 461 g/mol. The number of ether oxygens (including phenoxy) is 1. The zero-order chi connectivity index (χ0) is 25.6. The highest BCUT2D eigenvalue weighted by atomic mass is 19.3. The van der Waals surface area contributed by atoms with Gasteiger partial charge in [-0.25, -0.2) is 8.78 Å². The highest BCUT2D eigenvalue weighted by Gasteiger charge is 2.35. The zero-order valence-electron chi connectivity index (χ0n) is 21.9. The Kier molecular flexibility index (Phi) is 6.87. The number of nitrogens with zero attached hydrogens (tertiary/aromatic N) is 4. The molecule has 1 fully saturated rings. The van der Waals surface area contributed by atoms with Crippen LogP contribution in [0.3, 0.4) is 0 Å². The molecular formula is C27H37BF2N4O2. The van der Waals surface area contributed by atoms with Crippen molar-refractivity contribution in [2.75, 3.05) is 31.2 Å². The molecule has 1 amide bonds. The Morgan fingerprint density at radius 3 is 2.61 bits per heavy atom. The topological polar surface area (TPSA) is 50.6 Å². The first-order valence-corrected chi connectivity index (χ1v) is 13.3. The molecule has 3 aliphatic heterocycles. The molecule has 36 heavy (non-hydrogen) atoms. The molecule has 0 N–H and O–H groups in total. The molecule has 0 radical (unpaired) electrons. The number of rotatable bonds is 4. The van der Waals surface area contributed by atoms with Gasteiger partial charge in [0.1, 0.15) is 0 Å². The monoisotopic (exact) mass is 498 g/mol. The third-order valence-electron chi connectivity index (χ3n) is 7.81. The second-order valence-electron chi connectivity index (χ2n) is 11.8. The average Bonchev–Trinajstić information content (AvgIpc) is 3.22. The number of hydrogen-bond donors (Lipinski definition) is 0. The average molecular weight is 498 g/mol. The van der Waals surface area contributed by atoms with E-state index in [0.717, 1.165) is 48.3 Å². The molecule has 1 aromatic carbocycles. The van der Waals surface area contributed by atoms with E-state index in [2.05, 4.69) is 37.3 Å². The van der Waals surface area contributed by atoms with Crippen molar-refractivity contribution in [2.45, 2.75) is 83.6 Å². The Labute approximate surface area is 213 Å². The minimum Gasteiger partial charge on any atom is -0.381 e. The Morgan fingerprint density at radius 2 is 1.92 bits per heavy atom. The molecule has 1 saturated heterocycles. The summed E-state index contributed by atoms with van der Waals surface area (Å²) in [5.74, 6) is 1.27. The van der Waals surface area contributed by atoms with Crippen LogP contribution in [0.4, 0.5) is 25.1 Å². The summed E-state index contributed by atoms with van der Waals surface area (Å²) in [4.78, 5) is 17.3. The molecule has 6 nitrogen and oxygen atoms in total. The van der Waals surface area contributed by atoms with Crippen molar-refractivity contribution in [1.29, 1.82) is 0 Å². The molecule has 0 saturated carbocycles. The van der Waals surface area contributed by atoms with E-state index in [4.69, 9.17) is 9.84 Å². The van der Waals surface area contributed by atoms with E-state index in [1.165, 1.54) is 5.69 Å². The number of hydrogen-bond acceptors (Lipinski definition) is 4. The highest BCUT2D eigenvalue weighted by Crippen LogP contribution is 2.44. The first kappa shape index (κ1) is 25.2. The highest BCUT2D eigenvalue weighted by molar-refractivity contribution is 6.75. The van der Waals surface area contributed by atoms with E-state index in [-0.39, 0.29) is 22.7 Å². The normalized spacial score (nSPS) is 20.9. The van der Waals surface area contributed by atoms with E-state index >= 15 is 0 Å². The van der Waals surface area contributed by atoms with E-state index in [1.54, 1.807) is 12.1 Å². The number of halogens is 2. The molecule has 1 aromatic heterocycles. The van der Waals surface area contributed by atoms with E-state index in [0.29, 0.717) is 46.0 Å². The SMILES string of the molecule is CC1CCN(c2nn(C3CCOCC3)c3c2CN(C(=O)BC(C)(C)C)CC3)c2cc(C(F)F)ccc21. The van der Waals surface area contributed by atoms with Gasteiger partial charge in [-0.15, -0.1) is 0 Å². The van der Waals surface area contributed by atoms with Crippen LogP contribution in [0.2, 0.25) is 5.31 Å². The van der Waals surface area contributed by atoms with Gasteiger partial charge < -0.3 is 14.5 Å². The predicted molar refractivity (Wildman–Crippen MR) is 139 cm³/mol. The standard InChI is InChI=1S/C27H37BF2N4O2/c1-17-7-12-33(23-15-18(24(29)30)5-6-20(17)23)25-21-16-32(26(35)28-27(2,3)4)11-8-22(21)34(31-25)19-9-13-36-14-10-19/h5-6,15,17,19,24,28H,7-14,16H2,1-4H3. The molecule has 5 rings (SSSR count). The van der Waals surface area contributed by atoms with Crippen LogP contribution in [0.1, 0.15) is 87.7 Å². The minimum atomic E-state index is -2.52. The Bertz CT molecular complexity index is 1120. The van der Waals surface area contributed by atoms with E-state index in [1.807, 2.05) is 11.0 Å². The largest absolute Gasteiger partial charge is 0.381 e. The fourth-order valence-electron chi connectivity index (χ4n) is 5.82. The van der Waals surface area contributed by atoms with Gasteiger partial charge in [0.25, 0.3) is 6.43 Å². The van der Waals surface area contributed by atoms with Crippen LogP contribution in [0.15, 0.2) is 18.2 Å². The van der Waals surface area contributed by atoms with Gasteiger partial charge in [-0.05, 0) is 36.8 Å². The number of fused-ring (bicyclic) bond motifs is 2. The summed E-state index contributed by atoms with van der Waals surface area (Å²) in [6.07, 6.45) is 0.969. The fourth-order valence-corrected chi connectivity index (χ4v) is 5.82. The molecule has 9 heteroatoms. The maximum atomic E-state index is 13.7. The van der Waals surface area contributed by atoms with Crippen molar-refractivity contribution in [1.82, 2.24) is 14.7 Å². The van der Waals surface area contributed by atoms with Crippen LogP contribution < -0.4 is 4.90 Å². The van der Waals surface area contributed by atoms with Gasteiger partial charge in [-0.3, -0.25) is 9.48 Å². The first-order chi connectivity index (χ1) is 17.1. The summed E-state index contributed by atoms with van der Waals surface area (Å²) in [7, 11) is 0.494. The van der Waals surface area contributed by atoms with Crippen LogP contribution in [0, 0.1) is 0 Å². The summed E-state index contributed by atoms with van der Waals surface area (Å²) >= 11 is 0. The maximum absolute atomic E-state index is 13.7. The first-order valence-electron chi connectivity index (χ1n) is 13.3. The van der Waals surface area contributed by atoms with Gasteiger partial charge in [0, 0.05) is 55.2 Å². The van der Waals surface area contributed by atoms with Gasteiger partial charge in [-0.2, -0.15) is 5.10 Å².